The maximum absolute atomic E-state index is 14.0. The Kier molecular flexibility index (Phi) is 7.11. The van der Waals surface area contributed by atoms with Gasteiger partial charge in [-0.3, -0.25) is 4.79 Å². The summed E-state index contributed by atoms with van der Waals surface area (Å²) in [6.45, 7) is 4.34. The van der Waals surface area contributed by atoms with Gasteiger partial charge >= 0.3 is 0 Å². The highest BCUT2D eigenvalue weighted by atomic mass is 19.1. The van der Waals surface area contributed by atoms with Gasteiger partial charge in [0.2, 0.25) is 0 Å². The predicted octanol–water partition coefficient (Wildman–Crippen LogP) is 5.68. The number of halogens is 1. The standard InChI is InChI=1S/C32H33FN2O4/c1-21(36)32(37)34-18-26(19-34)35-30(24-14-16-38-17-15-24)29(23-10-12-25(33)13-11-23)27-8-5-9-28(31(27)35)39-20-22-6-3-2-4-7-22/h2-13,21,24,26,36H,14-20H2,1H3/t21-/m0/s1. The van der Waals surface area contributed by atoms with Gasteiger partial charge in [0.25, 0.3) is 5.91 Å². The van der Waals surface area contributed by atoms with Crippen LogP contribution in [0.5, 0.6) is 5.75 Å². The van der Waals surface area contributed by atoms with Crippen LogP contribution in [-0.4, -0.2) is 52.9 Å². The first kappa shape index (κ1) is 25.6. The second-order valence-corrected chi connectivity index (χ2v) is 10.5. The van der Waals surface area contributed by atoms with Gasteiger partial charge in [-0.2, -0.15) is 0 Å². The van der Waals surface area contributed by atoms with Gasteiger partial charge in [0.05, 0.1) is 11.6 Å². The average molecular weight is 529 g/mol. The van der Waals surface area contributed by atoms with Crippen LogP contribution in [0.25, 0.3) is 22.0 Å². The van der Waals surface area contributed by atoms with Crippen LogP contribution < -0.4 is 4.74 Å². The summed E-state index contributed by atoms with van der Waals surface area (Å²) in [4.78, 5) is 14.2. The second kappa shape index (κ2) is 10.8. The molecule has 0 spiro atoms. The number of aliphatic hydroxyl groups is 1. The zero-order valence-electron chi connectivity index (χ0n) is 22.1. The van der Waals surface area contributed by atoms with E-state index < -0.39 is 6.10 Å². The third-order valence-electron chi connectivity index (χ3n) is 7.90. The highest BCUT2D eigenvalue weighted by Crippen LogP contribution is 2.47. The third kappa shape index (κ3) is 4.92. The lowest BCUT2D eigenvalue weighted by Gasteiger charge is -2.42. The van der Waals surface area contributed by atoms with Gasteiger partial charge in [-0.25, -0.2) is 4.39 Å². The van der Waals surface area contributed by atoms with E-state index in [0.29, 0.717) is 32.9 Å². The number of para-hydroxylation sites is 1. The Bertz CT molecular complexity index is 1450. The molecule has 1 amide bonds. The van der Waals surface area contributed by atoms with E-state index in [9.17, 15) is 14.3 Å². The van der Waals surface area contributed by atoms with Crippen molar-refractivity contribution >= 4 is 16.8 Å². The number of hydrogen-bond donors (Lipinski definition) is 1. The Hall–Kier alpha value is -3.68. The van der Waals surface area contributed by atoms with Crippen molar-refractivity contribution < 1.29 is 23.8 Å². The summed E-state index contributed by atoms with van der Waals surface area (Å²) in [5.74, 6) is 0.496. The number of amides is 1. The lowest BCUT2D eigenvalue weighted by molar-refractivity contribution is -0.145. The summed E-state index contributed by atoms with van der Waals surface area (Å²) in [5.41, 5.74) is 5.29. The fraction of sp³-hybridized carbons (Fsp3) is 0.344. The fourth-order valence-electron chi connectivity index (χ4n) is 5.94. The summed E-state index contributed by atoms with van der Waals surface area (Å²) in [6.07, 6.45) is 0.739. The molecule has 2 aliphatic heterocycles. The number of aromatic nitrogens is 1. The van der Waals surface area contributed by atoms with Crippen LogP contribution in [-0.2, 0) is 16.1 Å². The maximum atomic E-state index is 14.0. The van der Waals surface area contributed by atoms with Crippen LogP contribution in [0.1, 0.15) is 43.0 Å². The summed E-state index contributed by atoms with van der Waals surface area (Å²) in [6, 6.07) is 22.9. The SMILES string of the molecule is C[C@H](O)C(=O)N1CC(n2c(C3CCOCC3)c(-c3ccc(F)cc3)c3cccc(OCc4ccccc4)c32)C1. The van der Waals surface area contributed by atoms with Crippen molar-refractivity contribution in [2.75, 3.05) is 26.3 Å². The van der Waals surface area contributed by atoms with Gasteiger partial charge in [0.1, 0.15) is 24.3 Å². The van der Waals surface area contributed by atoms with Crippen LogP contribution >= 0.6 is 0 Å². The first-order valence-electron chi connectivity index (χ1n) is 13.7. The Morgan fingerprint density at radius 1 is 1.03 bits per heavy atom. The number of ether oxygens (including phenoxy) is 2. The Morgan fingerprint density at radius 2 is 1.74 bits per heavy atom. The van der Waals surface area contributed by atoms with Gasteiger partial charge in [-0.15, -0.1) is 0 Å². The minimum Gasteiger partial charge on any atom is -0.487 e. The molecule has 6 rings (SSSR count). The minimum absolute atomic E-state index is 0.0312. The number of likely N-dealkylation sites (tertiary alicyclic amines) is 1. The molecule has 0 aliphatic carbocycles. The van der Waals surface area contributed by atoms with Gasteiger partial charge in [0.15, 0.2) is 0 Å². The molecule has 1 aromatic heterocycles. The van der Waals surface area contributed by atoms with E-state index >= 15 is 0 Å². The second-order valence-electron chi connectivity index (χ2n) is 10.5. The van der Waals surface area contributed by atoms with Crippen molar-refractivity contribution in [3.63, 3.8) is 0 Å². The molecule has 39 heavy (non-hydrogen) atoms. The van der Waals surface area contributed by atoms with Crippen molar-refractivity contribution in [3.05, 3.63) is 89.9 Å². The topological polar surface area (TPSA) is 63.9 Å². The minimum atomic E-state index is -1.03. The van der Waals surface area contributed by atoms with E-state index in [4.69, 9.17) is 9.47 Å². The molecule has 3 heterocycles. The molecule has 3 aromatic carbocycles. The number of fused-ring (bicyclic) bond motifs is 1. The number of nitrogens with zero attached hydrogens (tertiary/aromatic N) is 2. The molecule has 0 radical (unpaired) electrons. The Balaban J connectivity index is 1.52. The molecule has 2 fully saturated rings. The number of carbonyl (C=O) groups is 1. The lowest BCUT2D eigenvalue weighted by atomic mass is 9.89. The zero-order valence-corrected chi connectivity index (χ0v) is 22.1. The molecule has 0 bridgehead atoms. The van der Waals surface area contributed by atoms with Crippen molar-refractivity contribution in [1.82, 2.24) is 9.47 Å². The predicted molar refractivity (Wildman–Crippen MR) is 148 cm³/mol. The molecule has 202 valence electrons. The maximum Gasteiger partial charge on any atom is 0.251 e. The van der Waals surface area contributed by atoms with Crippen molar-refractivity contribution in [1.29, 1.82) is 0 Å². The number of hydrogen-bond acceptors (Lipinski definition) is 4. The number of rotatable bonds is 7. The molecule has 4 aromatic rings. The summed E-state index contributed by atoms with van der Waals surface area (Å²) < 4.78 is 28.5. The third-order valence-corrected chi connectivity index (χ3v) is 7.90. The van der Waals surface area contributed by atoms with E-state index in [-0.39, 0.29) is 23.7 Å². The molecule has 2 aliphatic rings. The van der Waals surface area contributed by atoms with Crippen LogP contribution in [0.3, 0.4) is 0 Å². The molecule has 6 nitrogen and oxygen atoms in total. The van der Waals surface area contributed by atoms with Gasteiger partial charge in [0, 0.05) is 48.9 Å². The van der Waals surface area contributed by atoms with Gasteiger partial charge in [-0.1, -0.05) is 54.6 Å². The average Bonchev–Trinajstić information content (AvgIpc) is 3.28. The summed E-state index contributed by atoms with van der Waals surface area (Å²) in [7, 11) is 0. The monoisotopic (exact) mass is 528 g/mol. The quantitative estimate of drug-likeness (QED) is 0.335. The summed E-state index contributed by atoms with van der Waals surface area (Å²) in [5, 5.41) is 10.9. The van der Waals surface area contributed by atoms with E-state index in [1.165, 1.54) is 24.8 Å². The van der Waals surface area contributed by atoms with Crippen LogP contribution in [0.4, 0.5) is 4.39 Å². The van der Waals surface area contributed by atoms with Crippen LogP contribution in [0, 0.1) is 5.82 Å². The first-order chi connectivity index (χ1) is 19.0. The molecule has 1 atom stereocenters. The molecular weight excluding hydrogens is 495 g/mol. The van der Waals surface area contributed by atoms with E-state index in [0.717, 1.165) is 46.2 Å². The van der Waals surface area contributed by atoms with Crippen molar-refractivity contribution in [2.45, 2.75) is 44.4 Å². The zero-order chi connectivity index (χ0) is 26.9. The number of carbonyl (C=O) groups excluding carboxylic acids is 1. The van der Waals surface area contributed by atoms with Crippen LogP contribution in [0.2, 0.25) is 0 Å². The Morgan fingerprint density at radius 3 is 2.44 bits per heavy atom. The number of aliphatic hydroxyl groups excluding tert-OH is 1. The number of benzene rings is 3. The smallest absolute Gasteiger partial charge is 0.251 e. The van der Waals surface area contributed by atoms with E-state index in [2.05, 4.69) is 10.6 Å². The van der Waals surface area contributed by atoms with Crippen molar-refractivity contribution in [3.8, 4) is 16.9 Å². The first-order valence-corrected chi connectivity index (χ1v) is 13.7. The fourth-order valence-corrected chi connectivity index (χ4v) is 5.94. The molecule has 2 saturated heterocycles. The lowest BCUT2D eigenvalue weighted by Crippen LogP contribution is -2.53. The summed E-state index contributed by atoms with van der Waals surface area (Å²) >= 11 is 0. The normalized spacial score (nSPS) is 17.3. The largest absolute Gasteiger partial charge is 0.487 e. The molecular formula is C32H33FN2O4. The highest BCUT2D eigenvalue weighted by molar-refractivity contribution is 6.01. The Labute approximate surface area is 227 Å². The van der Waals surface area contributed by atoms with Crippen molar-refractivity contribution in [2.24, 2.45) is 0 Å². The van der Waals surface area contributed by atoms with Gasteiger partial charge < -0.3 is 24.0 Å². The molecule has 1 N–H and O–H groups in total. The van der Waals surface area contributed by atoms with Gasteiger partial charge in [-0.05, 0) is 49.1 Å². The van der Waals surface area contributed by atoms with E-state index in [1.807, 2.05) is 54.6 Å². The molecule has 0 unspecified atom stereocenters. The highest BCUT2D eigenvalue weighted by Gasteiger charge is 2.38. The molecule has 7 heteroatoms. The molecule has 0 saturated carbocycles. The van der Waals surface area contributed by atoms with E-state index in [1.54, 1.807) is 4.90 Å². The van der Waals surface area contributed by atoms with Crippen LogP contribution in [0.15, 0.2) is 72.8 Å².